The summed E-state index contributed by atoms with van der Waals surface area (Å²) in [5, 5.41) is 8.70. The van der Waals surface area contributed by atoms with Gasteiger partial charge in [0, 0.05) is 10.1 Å². The molecular formula is C19H17N3O3S. The number of furan rings is 1. The Balaban J connectivity index is 1.73. The Morgan fingerprint density at radius 3 is 2.88 bits per heavy atom. The minimum Gasteiger partial charge on any atom is -0.467 e. The maximum absolute atomic E-state index is 13.0. The van der Waals surface area contributed by atoms with Crippen molar-refractivity contribution < 1.29 is 9.21 Å². The van der Waals surface area contributed by atoms with Crippen LogP contribution in [0.15, 0.2) is 51.9 Å². The Kier molecular flexibility index (Phi) is 4.08. The van der Waals surface area contributed by atoms with Gasteiger partial charge in [0.1, 0.15) is 11.8 Å². The fourth-order valence-corrected chi connectivity index (χ4v) is 4.12. The number of aryl methyl sites for hydroxylation is 1. The average molecular weight is 367 g/mol. The molecule has 0 aliphatic rings. The number of rotatable bonds is 4. The van der Waals surface area contributed by atoms with Crippen LogP contribution >= 0.6 is 11.3 Å². The molecular weight excluding hydrogens is 350 g/mol. The molecule has 4 aromatic rings. The van der Waals surface area contributed by atoms with Gasteiger partial charge in [-0.05, 0) is 32.0 Å². The molecule has 6 nitrogen and oxygen atoms in total. The van der Waals surface area contributed by atoms with Crippen LogP contribution in [0, 0.1) is 6.92 Å². The molecule has 0 bridgehead atoms. The average Bonchev–Trinajstić information content (AvgIpc) is 3.29. The van der Waals surface area contributed by atoms with Gasteiger partial charge in [-0.15, -0.1) is 11.3 Å². The molecule has 0 radical (unpaired) electrons. The molecule has 1 aromatic carbocycles. The summed E-state index contributed by atoms with van der Waals surface area (Å²) in [5.74, 6) is 0.371. The first-order chi connectivity index (χ1) is 12.6. The Bertz CT molecular complexity index is 1160. The number of nitrogens with zero attached hydrogens (tertiary/aromatic N) is 2. The highest BCUT2D eigenvalue weighted by molar-refractivity contribution is 7.26. The normalized spacial score (nSPS) is 12.5. The van der Waals surface area contributed by atoms with E-state index in [2.05, 4.69) is 10.4 Å². The van der Waals surface area contributed by atoms with E-state index in [9.17, 15) is 9.59 Å². The summed E-state index contributed by atoms with van der Waals surface area (Å²) in [6.07, 6.45) is 1.55. The second kappa shape index (κ2) is 6.42. The van der Waals surface area contributed by atoms with Crippen molar-refractivity contribution in [3.63, 3.8) is 0 Å². The Morgan fingerprint density at radius 1 is 1.31 bits per heavy atom. The molecule has 0 saturated heterocycles. The van der Waals surface area contributed by atoms with Crippen molar-refractivity contribution in [2.24, 2.45) is 0 Å². The molecule has 1 unspecified atom stereocenters. The first-order valence-electron chi connectivity index (χ1n) is 8.27. The van der Waals surface area contributed by atoms with Crippen molar-refractivity contribution in [2.45, 2.75) is 26.4 Å². The zero-order valence-electron chi connectivity index (χ0n) is 14.4. The fraction of sp³-hybridized carbons (Fsp3) is 0.211. The van der Waals surface area contributed by atoms with Gasteiger partial charge in [-0.25, -0.2) is 4.68 Å². The molecule has 0 spiro atoms. The number of hydrogen-bond acceptors (Lipinski definition) is 5. The van der Waals surface area contributed by atoms with Crippen LogP contribution in [0.2, 0.25) is 0 Å². The SMILES string of the molecule is Cc1nn(C(C)C(=O)NCc2ccco2)c(=O)c2c1sc1ccccc12. The Hall–Kier alpha value is -2.93. The van der Waals surface area contributed by atoms with E-state index in [-0.39, 0.29) is 18.0 Å². The summed E-state index contributed by atoms with van der Waals surface area (Å²) >= 11 is 1.55. The van der Waals surface area contributed by atoms with E-state index in [4.69, 9.17) is 4.42 Å². The minimum atomic E-state index is -0.723. The van der Waals surface area contributed by atoms with Crippen LogP contribution in [0.5, 0.6) is 0 Å². The number of nitrogens with one attached hydrogen (secondary N) is 1. The van der Waals surface area contributed by atoms with Crippen molar-refractivity contribution in [3.05, 3.63) is 64.5 Å². The second-order valence-corrected chi connectivity index (χ2v) is 7.16. The third kappa shape index (κ3) is 2.70. The van der Waals surface area contributed by atoms with Crippen molar-refractivity contribution >= 4 is 37.4 Å². The van der Waals surface area contributed by atoms with Crippen LogP contribution in [0.3, 0.4) is 0 Å². The molecule has 4 rings (SSSR count). The van der Waals surface area contributed by atoms with Gasteiger partial charge in [0.05, 0.1) is 28.6 Å². The molecule has 0 saturated carbocycles. The molecule has 0 aliphatic heterocycles. The lowest BCUT2D eigenvalue weighted by atomic mass is 10.2. The van der Waals surface area contributed by atoms with Gasteiger partial charge in [0.25, 0.3) is 5.56 Å². The highest BCUT2D eigenvalue weighted by Gasteiger charge is 2.21. The van der Waals surface area contributed by atoms with Gasteiger partial charge in [-0.2, -0.15) is 5.10 Å². The van der Waals surface area contributed by atoms with Gasteiger partial charge in [-0.1, -0.05) is 18.2 Å². The zero-order valence-corrected chi connectivity index (χ0v) is 15.2. The number of fused-ring (bicyclic) bond motifs is 3. The minimum absolute atomic E-state index is 0.247. The summed E-state index contributed by atoms with van der Waals surface area (Å²) in [4.78, 5) is 25.5. The Labute approximate surface area is 153 Å². The van der Waals surface area contributed by atoms with Crippen LogP contribution < -0.4 is 10.9 Å². The van der Waals surface area contributed by atoms with Crippen LogP contribution in [0.25, 0.3) is 20.2 Å². The van der Waals surface area contributed by atoms with E-state index >= 15 is 0 Å². The smallest absolute Gasteiger partial charge is 0.276 e. The van der Waals surface area contributed by atoms with Crippen LogP contribution in [-0.2, 0) is 11.3 Å². The number of hydrogen-bond donors (Lipinski definition) is 1. The predicted octanol–water partition coefficient (Wildman–Crippen LogP) is 3.39. The lowest BCUT2D eigenvalue weighted by Crippen LogP contribution is -2.37. The lowest BCUT2D eigenvalue weighted by Gasteiger charge is -2.14. The first-order valence-corrected chi connectivity index (χ1v) is 9.08. The van der Waals surface area contributed by atoms with Gasteiger partial charge in [-0.3, -0.25) is 9.59 Å². The highest BCUT2D eigenvalue weighted by atomic mass is 32.1. The summed E-state index contributed by atoms with van der Waals surface area (Å²) in [6.45, 7) is 3.81. The Morgan fingerprint density at radius 2 is 2.12 bits per heavy atom. The van der Waals surface area contributed by atoms with Crippen molar-refractivity contribution in [1.29, 1.82) is 0 Å². The highest BCUT2D eigenvalue weighted by Crippen LogP contribution is 2.32. The number of aromatic nitrogens is 2. The molecule has 132 valence electrons. The zero-order chi connectivity index (χ0) is 18.3. The quantitative estimate of drug-likeness (QED) is 0.600. The van der Waals surface area contributed by atoms with E-state index < -0.39 is 6.04 Å². The number of carbonyl (C=O) groups is 1. The molecule has 1 N–H and O–H groups in total. The predicted molar refractivity (Wildman–Crippen MR) is 101 cm³/mol. The third-order valence-electron chi connectivity index (χ3n) is 4.37. The van der Waals surface area contributed by atoms with E-state index in [0.717, 1.165) is 20.5 Å². The molecule has 1 atom stereocenters. The van der Waals surface area contributed by atoms with Crippen molar-refractivity contribution in [2.75, 3.05) is 0 Å². The van der Waals surface area contributed by atoms with Crippen LogP contribution in [-0.4, -0.2) is 15.7 Å². The van der Waals surface area contributed by atoms with Crippen LogP contribution in [0.1, 0.15) is 24.4 Å². The van der Waals surface area contributed by atoms with Gasteiger partial charge < -0.3 is 9.73 Å². The summed E-state index contributed by atoms with van der Waals surface area (Å²) in [6, 6.07) is 10.6. The van der Waals surface area contributed by atoms with Crippen molar-refractivity contribution in [3.8, 4) is 0 Å². The van der Waals surface area contributed by atoms with E-state index in [1.165, 1.54) is 4.68 Å². The summed E-state index contributed by atoms with van der Waals surface area (Å²) in [7, 11) is 0. The van der Waals surface area contributed by atoms with Crippen LogP contribution in [0.4, 0.5) is 0 Å². The molecule has 26 heavy (non-hydrogen) atoms. The van der Waals surface area contributed by atoms with E-state index in [1.54, 1.807) is 36.7 Å². The standard InChI is InChI=1S/C19H17N3O3S/c1-11-17-16(14-7-3-4-8-15(14)26-17)19(24)22(21-11)12(2)18(23)20-10-13-6-5-9-25-13/h3-9,12H,10H2,1-2H3,(H,20,23). The van der Waals surface area contributed by atoms with E-state index in [1.807, 2.05) is 31.2 Å². The summed E-state index contributed by atoms with van der Waals surface area (Å²) < 4.78 is 8.39. The van der Waals surface area contributed by atoms with Gasteiger partial charge in [0.15, 0.2) is 0 Å². The number of benzene rings is 1. The maximum Gasteiger partial charge on any atom is 0.276 e. The summed E-state index contributed by atoms with van der Waals surface area (Å²) in [5.41, 5.74) is 0.496. The largest absolute Gasteiger partial charge is 0.467 e. The second-order valence-electron chi connectivity index (χ2n) is 6.11. The monoisotopic (exact) mass is 367 g/mol. The fourth-order valence-electron chi connectivity index (χ4n) is 2.99. The number of thiophene rings is 1. The van der Waals surface area contributed by atoms with Gasteiger partial charge >= 0.3 is 0 Å². The number of carbonyl (C=O) groups excluding carboxylic acids is 1. The molecule has 3 heterocycles. The third-order valence-corrected chi connectivity index (χ3v) is 5.65. The van der Waals surface area contributed by atoms with Crippen molar-refractivity contribution in [1.82, 2.24) is 15.1 Å². The van der Waals surface area contributed by atoms with Gasteiger partial charge in [0.2, 0.25) is 5.91 Å². The molecule has 3 aromatic heterocycles. The molecule has 7 heteroatoms. The van der Waals surface area contributed by atoms with E-state index in [0.29, 0.717) is 11.1 Å². The number of amides is 1. The molecule has 0 aliphatic carbocycles. The molecule has 1 amide bonds. The first kappa shape index (κ1) is 16.5. The lowest BCUT2D eigenvalue weighted by molar-refractivity contribution is -0.124. The maximum atomic E-state index is 13.0. The topological polar surface area (TPSA) is 77.1 Å². The molecule has 0 fully saturated rings.